The van der Waals surface area contributed by atoms with Gasteiger partial charge in [-0.25, -0.2) is 0 Å². The van der Waals surface area contributed by atoms with Crippen molar-refractivity contribution in [1.29, 1.82) is 5.26 Å². The molecule has 0 aliphatic heterocycles. The average Bonchev–Trinajstić information content (AvgIpc) is 2.29. The van der Waals surface area contributed by atoms with Gasteiger partial charge in [0.25, 0.3) is 0 Å². The summed E-state index contributed by atoms with van der Waals surface area (Å²) in [5.74, 6) is 0.867. The molecule has 0 unspecified atom stereocenters. The molecule has 0 saturated carbocycles. The molecule has 0 fully saturated rings. The van der Waals surface area contributed by atoms with Crippen molar-refractivity contribution in [2.75, 3.05) is 26.7 Å². The fourth-order valence-electron chi connectivity index (χ4n) is 2.00. The molecule has 0 radical (unpaired) electrons. The molecule has 0 heterocycles. The summed E-state index contributed by atoms with van der Waals surface area (Å²) < 4.78 is 5.70. The van der Waals surface area contributed by atoms with Gasteiger partial charge < -0.3 is 9.64 Å². The summed E-state index contributed by atoms with van der Waals surface area (Å²) in [5.41, 5.74) is 1.34. The summed E-state index contributed by atoms with van der Waals surface area (Å²) in [7, 11) is 2.12. The van der Waals surface area contributed by atoms with Crippen molar-refractivity contribution in [1.82, 2.24) is 4.90 Å². The molecule has 1 rings (SSSR count). The summed E-state index contributed by atoms with van der Waals surface area (Å²) in [6.45, 7) is 9.35. The summed E-state index contributed by atoms with van der Waals surface area (Å²) in [5, 5.41) is 8.60. The quantitative estimate of drug-likeness (QED) is 0.788. The molecule has 104 valence electrons. The second-order valence-electron chi connectivity index (χ2n) is 6.13. The second kappa shape index (κ2) is 7.16. The van der Waals surface area contributed by atoms with E-state index >= 15 is 0 Å². The molecule has 0 N–H and O–H groups in total. The highest BCUT2D eigenvalue weighted by Crippen LogP contribution is 2.15. The monoisotopic (exact) mass is 260 g/mol. The van der Waals surface area contributed by atoms with E-state index in [1.807, 2.05) is 24.3 Å². The first-order chi connectivity index (χ1) is 8.90. The molecule has 1 aromatic rings. The summed E-state index contributed by atoms with van der Waals surface area (Å²) in [4.78, 5) is 2.28. The zero-order valence-electron chi connectivity index (χ0n) is 12.4. The fraction of sp³-hybridized carbons (Fsp3) is 0.562. The van der Waals surface area contributed by atoms with Crippen LogP contribution < -0.4 is 4.74 Å². The maximum atomic E-state index is 8.60. The second-order valence-corrected chi connectivity index (χ2v) is 6.13. The maximum Gasteiger partial charge on any atom is 0.119 e. The molecule has 0 bridgehead atoms. The Hall–Kier alpha value is -1.53. The van der Waals surface area contributed by atoms with Crippen molar-refractivity contribution >= 4 is 0 Å². The van der Waals surface area contributed by atoms with Gasteiger partial charge in [-0.05, 0) is 30.2 Å². The van der Waals surface area contributed by atoms with E-state index in [-0.39, 0.29) is 0 Å². The number of ether oxygens (including phenoxy) is 1. The van der Waals surface area contributed by atoms with Crippen molar-refractivity contribution in [2.24, 2.45) is 5.41 Å². The van der Waals surface area contributed by atoms with Crippen LogP contribution in [0.3, 0.4) is 0 Å². The molecule has 0 spiro atoms. The largest absolute Gasteiger partial charge is 0.492 e. The van der Waals surface area contributed by atoms with Gasteiger partial charge in [-0.2, -0.15) is 5.26 Å². The van der Waals surface area contributed by atoms with Crippen LogP contribution in [0.1, 0.15) is 26.3 Å². The van der Waals surface area contributed by atoms with Crippen molar-refractivity contribution in [3.05, 3.63) is 29.8 Å². The van der Waals surface area contributed by atoms with Gasteiger partial charge in [-0.1, -0.05) is 32.9 Å². The Bertz CT molecular complexity index is 412. The van der Waals surface area contributed by atoms with Gasteiger partial charge in [0.2, 0.25) is 0 Å². The van der Waals surface area contributed by atoms with Crippen LogP contribution in [0.5, 0.6) is 5.75 Å². The maximum absolute atomic E-state index is 8.60. The lowest BCUT2D eigenvalue weighted by Crippen LogP contribution is -2.32. The highest BCUT2D eigenvalue weighted by Gasteiger charge is 2.13. The predicted octanol–water partition coefficient (Wildman–Crippen LogP) is 3.11. The van der Waals surface area contributed by atoms with Gasteiger partial charge in [0.05, 0.1) is 12.5 Å². The van der Waals surface area contributed by atoms with E-state index in [0.29, 0.717) is 18.4 Å². The standard InChI is InChI=1S/C16H24N2O/c1-16(2,3)13-18(4)11-12-19-15-7-5-14(6-8-15)9-10-17/h5-8H,9,11-13H2,1-4H3. The summed E-state index contributed by atoms with van der Waals surface area (Å²) in [6.07, 6.45) is 0.453. The van der Waals surface area contributed by atoms with Crippen LogP contribution in [0.15, 0.2) is 24.3 Å². The van der Waals surface area contributed by atoms with Crippen LogP contribution in [-0.2, 0) is 6.42 Å². The lowest BCUT2D eigenvalue weighted by Gasteiger charge is -2.26. The van der Waals surface area contributed by atoms with E-state index in [0.717, 1.165) is 24.4 Å². The van der Waals surface area contributed by atoms with Gasteiger partial charge in [-0.3, -0.25) is 0 Å². The molecular formula is C16H24N2O. The molecule has 0 aromatic heterocycles. The Labute approximate surface area is 116 Å². The van der Waals surface area contributed by atoms with E-state index in [1.54, 1.807) is 0 Å². The number of hydrogen-bond acceptors (Lipinski definition) is 3. The van der Waals surface area contributed by atoms with Gasteiger partial charge >= 0.3 is 0 Å². The third kappa shape index (κ3) is 6.83. The van der Waals surface area contributed by atoms with E-state index in [2.05, 4.69) is 38.8 Å². The van der Waals surface area contributed by atoms with Crippen molar-refractivity contribution < 1.29 is 4.74 Å². The van der Waals surface area contributed by atoms with Gasteiger partial charge in [-0.15, -0.1) is 0 Å². The zero-order chi connectivity index (χ0) is 14.3. The minimum absolute atomic E-state index is 0.313. The van der Waals surface area contributed by atoms with Gasteiger partial charge in [0, 0.05) is 13.1 Å². The lowest BCUT2D eigenvalue weighted by molar-refractivity contribution is 0.188. The number of likely N-dealkylation sites (N-methyl/N-ethyl adjacent to an activating group) is 1. The molecule has 3 nitrogen and oxygen atoms in total. The smallest absolute Gasteiger partial charge is 0.119 e. The minimum Gasteiger partial charge on any atom is -0.492 e. The van der Waals surface area contributed by atoms with Crippen LogP contribution in [0.4, 0.5) is 0 Å². The number of benzene rings is 1. The van der Waals surface area contributed by atoms with E-state index in [1.165, 1.54) is 0 Å². The normalized spacial score (nSPS) is 11.4. The molecule has 1 aromatic carbocycles. The van der Waals surface area contributed by atoms with Crippen LogP contribution in [-0.4, -0.2) is 31.6 Å². The van der Waals surface area contributed by atoms with E-state index in [4.69, 9.17) is 10.00 Å². The number of hydrogen-bond donors (Lipinski definition) is 0. The Morgan fingerprint density at radius 2 is 1.84 bits per heavy atom. The van der Waals surface area contributed by atoms with E-state index in [9.17, 15) is 0 Å². The molecule has 0 atom stereocenters. The molecule has 3 heteroatoms. The number of rotatable bonds is 6. The van der Waals surface area contributed by atoms with Crippen LogP contribution in [0.2, 0.25) is 0 Å². The Balaban J connectivity index is 2.31. The Morgan fingerprint density at radius 3 is 2.37 bits per heavy atom. The predicted molar refractivity (Wildman–Crippen MR) is 78.2 cm³/mol. The highest BCUT2D eigenvalue weighted by molar-refractivity contribution is 5.28. The SMILES string of the molecule is CN(CCOc1ccc(CC#N)cc1)CC(C)(C)C. The zero-order valence-corrected chi connectivity index (χ0v) is 12.4. The van der Waals surface area contributed by atoms with Crippen molar-refractivity contribution in [3.8, 4) is 11.8 Å². The van der Waals surface area contributed by atoms with Crippen molar-refractivity contribution in [2.45, 2.75) is 27.2 Å². The number of nitrogens with zero attached hydrogens (tertiary/aromatic N) is 2. The molecule has 19 heavy (non-hydrogen) atoms. The first kappa shape index (κ1) is 15.5. The number of nitriles is 1. The van der Waals surface area contributed by atoms with Crippen LogP contribution in [0, 0.1) is 16.7 Å². The average molecular weight is 260 g/mol. The van der Waals surface area contributed by atoms with Crippen LogP contribution in [0.25, 0.3) is 0 Å². The van der Waals surface area contributed by atoms with Crippen LogP contribution >= 0.6 is 0 Å². The third-order valence-corrected chi connectivity index (χ3v) is 2.69. The van der Waals surface area contributed by atoms with Gasteiger partial charge in [0.1, 0.15) is 12.4 Å². The minimum atomic E-state index is 0.313. The third-order valence-electron chi connectivity index (χ3n) is 2.69. The topological polar surface area (TPSA) is 36.3 Å². The highest BCUT2D eigenvalue weighted by atomic mass is 16.5. The molecule has 0 saturated heterocycles. The van der Waals surface area contributed by atoms with E-state index < -0.39 is 0 Å². The molecule has 0 aliphatic carbocycles. The fourth-order valence-corrected chi connectivity index (χ4v) is 2.00. The molecular weight excluding hydrogens is 236 g/mol. The first-order valence-corrected chi connectivity index (χ1v) is 6.68. The Morgan fingerprint density at radius 1 is 1.21 bits per heavy atom. The van der Waals surface area contributed by atoms with Gasteiger partial charge in [0.15, 0.2) is 0 Å². The molecule has 0 amide bonds. The van der Waals surface area contributed by atoms with Crippen molar-refractivity contribution in [3.63, 3.8) is 0 Å². The lowest BCUT2D eigenvalue weighted by atomic mass is 9.96. The summed E-state index contributed by atoms with van der Waals surface area (Å²) in [6, 6.07) is 9.87. The molecule has 0 aliphatic rings. The summed E-state index contributed by atoms with van der Waals surface area (Å²) >= 11 is 0. The Kier molecular flexibility index (Phi) is 5.85. The first-order valence-electron chi connectivity index (χ1n) is 6.68.